The first-order valence-corrected chi connectivity index (χ1v) is 7.94. The van der Waals surface area contributed by atoms with E-state index in [-0.39, 0.29) is 35.8 Å². The Labute approximate surface area is 153 Å². The number of fused-ring (bicyclic) bond motifs is 1. The molecule has 1 N–H and O–H groups in total. The highest BCUT2D eigenvalue weighted by molar-refractivity contribution is 5.92. The van der Waals surface area contributed by atoms with Crippen LogP contribution in [0.4, 0.5) is 0 Å². The number of ether oxygens (including phenoxy) is 2. The molecule has 27 heavy (non-hydrogen) atoms. The van der Waals surface area contributed by atoms with E-state index in [2.05, 4.69) is 4.98 Å². The highest BCUT2D eigenvalue weighted by Crippen LogP contribution is 2.24. The fourth-order valence-corrected chi connectivity index (χ4v) is 2.58. The molecule has 3 aromatic rings. The Bertz CT molecular complexity index is 1110. The largest absolute Gasteiger partial charge is 0.507 e. The third kappa shape index (κ3) is 3.57. The zero-order valence-electron chi connectivity index (χ0n) is 14.4. The fraction of sp³-hybridized carbons (Fsp3) is 0.158. The van der Waals surface area contributed by atoms with Gasteiger partial charge in [-0.2, -0.15) is 5.26 Å². The number of esters is 1. The molecule has 3 rings (SSSR count). The lowest BCUT2D eigenvalue weighted by atomic mass is 10.2. The maximum atomic E-state index is 12.6. The lowest BCUT2D eigenvalue weighted by Crippen LogP contribution is -2.26. The monoisotopic (exact) mass is 365 g/mol. The third-order valence-electron chi connectivity index (χ3n) is 3.93. The molecule has 0 saturated carbocycles. The SMILES string of the molecule is COc1ccc(C(=O)OCc2nc3ccccc3c(=O)n2CC#N)c(O)c1. The van der Waals surface area contributed by atoms with Gasteiger partial charge in [-0.15, -0.1) is 0 Å². The summed E-state index contributed by atoms with van der Waals surface area (Å²) >= 11 is 0. The topological polar surface area (TPSA) is 114 Å². The van der Waals surface area contributed by atoms with E-state index in [4.69, 9.17) is 14.7 Å². The molecule has 0 aliphatic rings. The van der Waals surface area contributed by atoms with Gasteiger partial charge < -0.3 is 14.6 Å². The number of nitriles is 1. The Balaban J connectivity index is 1.90. The van der Waals surface area contributed by atoms with Gasteiger partial charge in [0.15, 0.2) is 5.82 Å². The number of aromatic nitrogens is 2. The minimum atomic E-state index is -0.791. The third-order valence-corrected chi connectivity index (χ3v) is 3.93. The molecule has 0 spiro atoms. The van der Waals surface area contributed by atoms with Crippen LogP contribution in [-0.2, 0) is 17.9 Å². The number of aromatic hydroxyl groups is 1. The van der Waals surface area contributed by atoms with Gasteiger partial charge in [0.1, 0.15) is 30.2 Å². The molecule has 0 radical (unpaired) electrons. The van der Waals surface area contributed by atoms with Crippen molar-refractivity contribution >= 4 is 16.9 Å². The quantitative estimate of drug-likeness (QED) is 0.688. The second kappa shape index (κ2) is 7.58. The van der Waals surface area contributed by atoms with Crippen molar-refractivity contribution < 1.29 is 19.4 Å². The van der Waals surface area contributed by atoms with E-state index in [9.17, 15) is 14.7 Å². The maximum Gasteiger partial charge on any atom is 0.342 e. The van der Waals surface area contributed by atoms with Gasteiger partial charge in [-0.1, -0.05) is 12.1 Å². The molecule has 136 valence electrons. The molecule has 0 aliphatic carbocycles. The van der Waals surface area contributed by atoms with Crippen LogP contribution in [0, 0.1) is 11.3 Å². The van der Waals surface area contributed by atoms with E-state index >= 15 is 0 Å². The summed E-state index contributed by atoms with van der Waals surface area (Å²) in [7, 11) is 1.44. The lowest BCUT2D eigenvalue weighted by molar-refractivity contribution is 0.0454. The van der Waals surface area contributed by atoms with Crippen LogP contribution in [0.5, 0.6) is 11.5 Å². The van der Waals surface area contributed by atoms with Crippen molar-refractivity contribution in [3.63, 3.8) is 0 Å². The summed E-state index contributed by atoms with van der Waals surface area (Å²) in [4.78, 5) is 29.1. The van der Waals surface area contributed by atoms with E-state index < -0.39 is 5.97 Å². The average molecular weight is 365 g/mol. The minimum Gasteiger partial charge on any atom is -0.507 e. The number of hydrogen-bond donors (Lipinski definition) is 1. The smallest absolute Gasteiger partial charge is 0.342 e. The Morgan fingerprint density at radius 2 is 2.07 bits per heavy atom. The first-order chi connectivity index (χ1) is 13.0. The molecule has 8 heteroatoms. The number of benzene rings is 2. The van der Waals surface area contributed by atoms with Gasteiger partial charge in [0.2, 0.25) is 0 Å². The van der Waals surface area contributed by atoms with Gasteiger partial charge >= 0.3 is 5.97 Å². The Kier molecular flexibility index (Phi) is 5.04. The van der Waals surface area contributed by atoms with Gasteiger partial charge in [0, 0.05) is 6.07 Å². The van der Waals surface area contributed by atoms with Crippen molar-refractivity contribution in [3.05, 3.63) is 64.2 Å². The lowest BCUT2D eigenvalue weighted by Gasteiger charge is -2.12. The van der Waals surface area contributed by atoms with Crippen LogP contribution in [-0.4, -0.2) is 27.7 Å². The van der Waals surface area contributed by atoms with Gasteiger partial charge in [-0.05, 0) is 24.3 Å². The van der Waals surface area contributed by atoms with E-state index in [1.165, 1.54) is 25.3 Å². The molecule has 0 amide bonds. The van der Waals surface area contributed by atoms with Crippen LogP contribution in [0.3, 0.4) is 0 Å². The second-order valence-corrected chi connectivity index (χ2v) is 5.55. The van der Waals surface area contributed by atoms with Crippen LogP contribution in [0.1, 0.15) is 16.2 Å². The maximum absolute atomic E-state index is 12.6. The molecule has 2 aromatic carbocycles. The average Bonchev–Trinajstić information content (AvgIpc) is 2.68. The zero-order chi connectivity index (χ0) is 19.4. The molecule has 0 bridgehead atoms. The van der Waals surface area contributed by atoms with Crippen molar-refractivity contribution in [3.8, 4) is 17.6 Å². The van der Waals surface area contributed by atoms with Gasteiger partial charge in [-0.25, -0.2) is 9.78 Å². The molecule has 1 aromatic heterocycles. The number of carbonyl (C=O) groups is 1. The second-order valence-electron chi connectivity index (χ2n) is 5.55. The minimum absolute atomic E-state index is 0.0502. The number of phenols is 1. The number of methoxy groups -OCH3 is 1. The Hall–Kier alpha value is -3.86. The Morgan fingerprint density at radius 3 is 2.78 bits per heavy atom. The van der Waals surface area contributed by atoms with Gasteiger partial charge in [-0.3, -0.25) is 9.36 Å². The summed E-state index contributed by atoms with van der Waals surface area (Å²) in [6, 6.07) is 12.8. The first kappa shape index (κ1) is 17.9. The molecule has 0 atom stereocenters. The molecular formula is C19H15N3O5. The molecule has 0 unspecified atom stereocenters. The standard InChI is InChI=1S/C19H15N3O5/c1-26-12-6-7-14(16(23)10-12)19(25)27-11-17-21-15-5-3-2-4-13(15)18(24)22(17)9-8-20/h2-7,10,23H,9,11H2,1H3. The molecule has 0 fully saturated rings. The molecule has 8 nitrogen and oxygen atoms in total. The van der Waals surface area contributed by atoms with Crippen molar-refractivity contribution in [2.45, 2.75) is 13.2 Å². The normalized spacial score (nSPS) is 10.4. The van der Waals surface area contributed by atoms with Crippen LogP contribution in [0.15, 0.2) is 47.3 Å². The summed E-state index contributed by atoms with van der Waals surface area (Å²) in [5.74, 6) is -0.550. The summed E-state index contributed by atoms with van der Waals surface area (Å²) in [6.07, 6.45) is 0. The zero-order valence-corrected chi connectivity index (χ0v) is 14.4. The van der Waals surface area contributed by atoms with Crippen LogP contribution in [0.2, 0.25) is 0 Å². The number of phenolic OH excluding ortho intramolecular Hbond substituents is 1. The highest BCUT2D eigenvalue weighted by Gasteiger charge is 2.16. The predicted molar refractivity (Wildman–Crippen MR) is 95.4 cm³/mol. The van der Waals surface area contributed by atoms with Gasteiger partial charge in [0.05, 0.1) is 24.1 Å². The summed E-state index contributed by atoms with van der Waals surface area (Å²) in [5.41, 5.74) is 0.00120. The molecule has 1 heterocycles. The summed E-state index contributed by atoms with van der Waals surface area (Å²) in [6.45, 7) is -0.552. The van der Waals surface area contributed by atoms with Crippen LogP contribution in [0.25, 0.3) is 10.9 Å². The summed E-state index contributed by atoms with van der Waals surface area (Å²) < 4.78 is 11.3. The van der Waals surface area contributed by atoms with E-state index in [0.717, 1.165) is 4.57 Å². The van der Waals surface area contributed by atoms with Crippen molar-refractivity contribution in [1.29, 1.82) is 5.26 Å². The first-order valence-electron chi connectivity index (χ1n) is 7.94. The van der Waals surface area contributed by atoms with Crippen molar-refractivity contribution in [1.82, 2.24) is 9.55 Å². The van der Waals surface area contributed by atoms with Gasteiger partial charge in [0.25, 0.3) is 5.56 Å². The summed E-state index contributed by atoms with van der Waals surface area (Å²) in [5, 5.41) is 19.3. The Morgan fingerprint density at radius 1 is 1.30 bits per heavy atom. The number of rotatable bonds is 5. The van der Waals surface area contributed by atoms with E-state index in [1.807, 2.05) is 6.07 Å². The van der Waals surface area contributed by atoms with E-state index in [1.54, 1.807) is 24.3 Å². The fourth-order valence-electron chi connectivity index (χ4n) is 2.58. The van der Waals surface area contributed by atoms with Crippen LogP contribution < -0.4 is 10.3 Å². The van der Waals surface area contributed by atoms with Crippen molar-refractivity contribution in [2.75, 3.05) is 7.11 Å². The molecule has 0 aliphatic heterocycles. The number of nitrogens with zero attached hydrogens (tertiary/aromatic N) is 3. The van der Waals surface area contributed by atoms with Crippen LogP contribution >= 0.6 is 0 Å². The van der Waals surface area contributed by atoms with E-state index in [0.29, 0.717) is 16.7 Å². The number of para-hydroxylation sites is 1. The molecule has 0 saturated heterocycles. The number of carbonyl (C=O) groups excluding carboxylic acids is 1. The highest BCUT2D eigenvalue weighted by atomic mass is 16.5. The number of hydrogen-bond acceptors (Lipinski definition) is 7. The molecular weight excluding hydrogens is 350 g/mol. The predicted octanol–water partition coefficient (Wildman–Crippen LogP) is 1.99. The van der Waals surface area contributed by atoms with Crippen molar-refractivity contribution in [2.24, 2.45) is 0 Å².